The largest absolute Gasteiger partial charge is 0.497 e. The predicted molar refractivity (Wildman–Crippen MR) is 116 cm³/mol. The zero-order valence-electron chi connectivity index (χ0n) is 17.4. The van der Waals surface area contributed by atoms with Crippen LogP contribution in [0.3, 0.4) is 0 Å². The van der Waals surface area contributed by atoms with E-state index in [9.17, 15) is 4.79 Å². The minimum Gasteiger partial charge on any atom is -0.497 e. The van der Waals surface area contributed by atoms with Crippen molar-refractivity contribution in [2.45, 2.75) is 27.2 Å². The lowest BCUT2D eigenvalue weighted by molar-refractivity contribution is -0.115. The molecule has 152 valence electrons. The molecule has 1 heterocycles. The maximum Gasteiger partial charge on any atom is 0.230 e. The fourth-order valence-electron chi connectivity index (χ4n) is 3.22. The molecule has 6 nitrogen and oxygen atoms in total. The highest BCUT2D eigenvalue weighted by Gasteiger charge is 2.13. The number of hydrogen-bond acceptors (Lipinski definition) is 5. The molecule has 1 amide bonds. The van der Waals surface area contributed by atoms with Crippen molar-refractivity contribution < 1.29 is 14.1 Å². The zero-order chi connectivity index (χ0) is 20.8. The van der Waals surface area contributed by atoms with Crippen molar-refractivity contribution in [3.8, 4) is 17.1 Å². The van der Waals surface area contributed by atoms with Gasteiger partial charge in [0.2, 0.25) is 5.91 Å². The highest BCUT2D eigenvalue weighted by Crippen LogP contribution is 2.25. The minimum atomic E-state index is -0.127. The van der Waals surface area contributed by atoms with Crippen molar-refractivity contribution in [3.05, 3.63) is 59.8 Å². The first kappa shape index (κ1) is 20.5. The highest BCUT2D eigenvalue weighted by molar-refractivity contribution is 5.93. The van der Waals surface area contributed by atoms with Crippen LogP contribution < -0.4 is 15.0 Å². The van der Waals surface area contributed by atoms with E-state index in [1.807, 2.05) is 43.3 Å². The second kappa shape index (κ2) is 9.28. The van der Waals surface area contributed by atoms with Crippen LogP contribution in [0.2, 0.25) is 0 Å². The Hall–Kier alpha value is -3.28. The van der Waals surface area contributed by atoms with Crippen LogP contribution in [0.4, 0.5) is 11.4 Å². The topological polar surface area (TPSA) is 67.6 Å². The zero-order valence-corrected chi connectivity index (χ0v) is 17.4. The summed E-state index contributed by atoms with van der Waals surface area (Å²) in [6.45, 7) is 8.16. The first-order valence-corrected chi connectivity index (χ1v) is 9.79. The summed E-state index contributed by atoms with van der Waals surface area (Å²) in [5.41, 5.74) is 4.47. The summed E-state index contributed by atoms with van der Waals surface area (Å²) in [6, 6.07) is 15.4. The van der Waals surface area contributed by atoms with E-state index >= 15 is 0 Å². The van der Waals surface area contributed by atoms with Crippen molar-refractivity contribution in [1.29, 1.82) is 0 Å². The molecule has 3 aromatic rings. The second-order valence-electron chi connectivity index (χ2n) is 6.81. The molecule has 29 heavy (non-hydrogen) atoms. The fraction of sp³-hybridized carbons (Fsp3) is 0.304. The van der Waals surface area contributed by atoms with E-state index in [2.05, 4.69) is 35.3 Å². The molecule has 3 rings (SSSR count). The van der Waals surface area contributed by atoms with E-state index in [1.165, 1.54) is 0 Å². The van der Waals surface area contributed by atoms with Crippen LogP contribution in [0.25, 0.3) is 11.3 Å². The van der Waals surface area contributed by atoms with Crippen LogP contribution in [0.5, 0.6) is 5.75 Å². The number of aryl methyl sites for hydroxylation is 1. The molecule has 0 unspecified atom stereocenters. The molecule has 0 saturated heterocycles. The van der Waals surface area contributed by atoms with Crippen LogP contribution >= 0.6 is 0 Å². The van der Waals surface area contributed by atoms with E-state index in [-0.39, 0.29) is 12.3 Å². The number of ether oxygens (including phenoxy) is 1. The van der Waals surface area contributed by atoms with Gasteiger partial charge in [0.05, 0.1) is 19.2 Å². The van der Waals surface area contributed by atoms with E-state index in [0.717, 1.165) is 41.3 Å². The summed E-state index contributed by atoms with van der Waals surface area (Å²) in [4.78, 5) is 14.7. The van der Waals surface area contributed by atoms with Crippen molar-refractivity contribution in [3.63, 3.8) is 0 Å². The van der Waals surface area contributed by atoms with Gasteiger partial charge in [-0.1, -0.05) is 5.16 Å². The van der Waals surface area contributed by atoms with Gasteiger partial charge in [-0.05, 0) is 68.8 Å². The molecule has 2 aromatic carbocycles. The fourth-order valence-corrected chi connectivity index (χ4v) is 3.22. The maximum absolute atomic E-state index is 12.5. The molecule has 6 heteroatoms. The Morgan fingerprint density at radius 2 is 1.83 bits per heavy atom. The molecule has 0 radical (unpaired) electrons. The number of nitrogens with zero attached hydrogens (tertiary/aromatic N) is 2. The van der Waals surface area contributed by atoms with Crippen LogP contribution in [0.15, 0.2) is 53.1 Å². The number of amides is 1. The van der Waals surface area contributed by atoms with Gasteiger partial charge in [0.25, 0.3) is 0 Å². The SMILES string of the molecule is CCN(CC)c1ccc(NC(=O)Cc2cc(-c3ccc(OC)cc3)on2)c(C)c1. The van der Waals surface area contributed by atoms with Crippen molar-refractivity contribution in [2.24, 2.45) is 0 Å². The number of hydrogen-bond donors (Lipinski definition) is 1. The van der Waals surface area contributed by atoms with Gasteiger partial charge in [-0.25, -0.2) is 0 Å². The third kappa shape index (κ3) is 4.96. The lowest BCUT2D eigenvalue weighted by atomic mass is 10.1. The summed E-state index contributed by atoms with van der Waals surface area (Å²) in [6.07, 6.45) is 0.150. The standard InChI is InChI=1S/C23H27N3O3/c1-5-26(6-2)19-9-12-21(16(3)13-19)24-23(27)15-18-14-22(29-25-18)17-7-10-20(28-4)11-8-17/h7-14H,5-6,15H2,1-4H3,(H,24,27). The van der Waals surface area contributed by atoms with E-state index in [1.54, 1.807) is 13.2 Å². The average Bonchev–Trinajstić information content (AvgIpc) is 3.19. The summed E-state index contributed by atoms with van der Waals surface area (Å²) in [5.74, 6) is 1.27. The summed E-state index contributed by atoms with van der Waals surface area (Å²) in [7, 11) is 1.62. The smallest absolute Gasteiger partial charge is 0.230 e. The van der Waals surface area contributed by atoms with Crippen LogP contribution in [-0.4, -0.2) is 31.3 Å². The number of benzene rings is 2. The summed E-state index contributed by atoms with van der Waals surface area (Å²) < 4.78 is 10.5. The maximum atomic E-state index is 12.5. The minimum absolute atomic E-state index is 0.127. The lowest BCUT2D eigenvalue weighted by Gasteiger charge is -2.22. The van der Waals surface area contributed by atoms with Gasteiger partial charge in [0.1, 0.15) is 5.75 Å². The molecule has 0 atom stereocenters. The highest BCUT2D eigenvalue weighted by atomic mass is 16.5. The number of aromatic nitrogens is 1. The normalized spacial score (nSPS) is 10.6. The van der Waals surface area contributed by atoms with Crippen LogP contribution in [-0.2, 0) is 11.2 Å². The molecule has 1 N–H and O–H groups in total. The molecule has 0 aliphatic rings. The second-order valence-corrected chi connectivity index (χ2v) is 6.81. The monoisotopic (exact) mass is 393 g/mol. The summed E-state index contributed by atoms with van der Waals surface area (Å²) >= 11 is 0. The quantitative estimate of drug-likeness (QED) is 0.601. The molecule has 0 aliphatic heterocycles. The van der Waals surface area contributed by atoms with Gasteiger partial charge in [0.15, 0.2) is 5.76 Å². The Balaban J connectivity index is 1.64. The molecule has 0 spiro atoms. The van der Waals surface area contributed by atoms with Crippen LogP contribution in [0.1, 0.15) is 25.1 Å². The van der Waals surface area contributed by atoms with E-state index < -0.39 is 0 Å². The van der Waals surface area contributed by atoms with Gasteiger partial charge >= 0.3 is 0 Å². The first-order valence-electron chi connectivity index (χ1n) is 9.79. The van der Waals surface area contributed by atoms with E-state index in [4.69, 9.17) is 9.26 Å². The lowest BCUT2D eigenvalue weighted by Crippen LogP contribution is -2.22. The van der Waals surface area contributed by atoms with Crippen molar-refractivity contribution in [1.82, 2.24) is 5.16 Å². The third-order valence-corrected chi connectivity index (χ3v) is 4.89. The Kier molecular flexibility index (Phi) is 6.54. The number of nitrogens with one attached hydrogen (secondary N) is 1. The van der Waals surface area contributed by atoms with Gasteiger partial charge < -0.3 is 19.5 Å². The van der Waals surface area contributed by atoms with Crippen molar-refractivity contribution >= 4 is 17.3 Å². The number of anilines is 2. The van der Waals surface area contributed by atoms with Gasteiger partial charge in [-0.3, -0.25) is 4.79 Å². The molecule has 0 saturated carbocycles. The number of rotatable bonds is 8. The van der Waals surface area contributed by atoms with Gasteiger partial charge in [0, 0.05) is 36.1 Å². The molecule has 0 fully saturated rings. The first-order chi connectivity index (χ1) is 14.0. The van der Waals surface area contributed by atoms with Gasteiger partial charge in [-0.2, -0.15) is 0 Å². The number of carbonyl (C=O) groups is 1. The molecule has 0 aliphatic carbocycles. The average molecular weight is 393 g/mol. The van der Waals surface area contributed by atoms with Gasteiger partial charge in [-0.15, -0.1) is 0 Å². The van der Waals surface area contributed by atoms with Crippen molar-refractivity contribution in [2.75, 3.05) is 30.4 Å². The summed E-state index contributed by atoms with van der Waals surface area (Å²) in [5, 5.41) is 6.99. The Morgan fingerprint density at radius 3 is 2.45 bits per heavy atom. The molecule has 0 bridgehead atoms. The Morgan fingerprint density at radius 1 is 1.10 bits per heavy atom. The molecular weight excluding hydrogens is 366 g/mol. The molecule has 1 aromatic heterocycles. The number of carbonyl (C=O) groups excluding carboxylic acids is 1. The number of methoxy groups -OCH3 is 1. The third-order valence-electron chi connectivity index (χ3n) is 4.89. The Labute approximate surface area is 171 Å². The van der Waals surface area contributed by atoms with E-state index in [0.29, 0.717) is 11.5 Å². The predicted octanol–water partition coefficient (Wildman–Crippen LogP) is 4.69. The molecular formula is C23H27N3O3. The van der Waals surface area contributed by atoms with Crippen LogP contribution in [0, 0.1) is 6.92 Å². The Bertz CT molecular complexity index is 960.